The second-order valence-corrected chi connectivity index (χ2v) is 5.68. The molecule has 0 spiro atoms. The molecule has 1 fully saturated rings. The van der Waals surface area contributed by atoms with Crippen LogP contribution in [0.2, 0.25) is 0 Å². The Morgan fingerprint density at radius 3 is 2.17 bits per heavy atom. The molecule has 1 aromatic rings. The molecule has 0 bridgehead atoms. The van der Waals surface area contributed by atoms with Crippen LogP contribution in [0.1, 0.15) is 30.6 Å². The number of nitro benzene ring substituents is 1. The molecule has 2 amide bonds. The fourth-order valence-corrected chi connectivity index (χ4v) is 2.66. The van der Waals surface area contributed by atoms with Gasteiger partial charge in [0, 0.05) is 49.4 Å². The van der Waals surface area contributed by atoms with E-state index in [4.69, 9.17) is 0 Å². The first-order chi connectivity index (χ1) is 11.4. The average Bonchev–Trinajstić information content (AvgIpc) is 2.61. The second kappa shape index (κ2) is 7.72. The molecule has 0 aromatic heterocycles. The zero-order valence-electron chi connectivity index (χ0n) is 13.9. The molecule has 2 rings (SSSR count). The third kappa shape index (κ3) is 3.98. The van der Waals surface area contributed by atoms with Crippen molar-refractivity contribution < 1.29 is 14.5 Å². The number of carbonyl (C=O) groups is 2. The summed E-state index contributed by atoms with van der Waals surface area (Å²) in [5, 5.41) is 10.7. The maximum absolute atomic E-state index is 12.4. The smallest absolute Gasteiger partial charge is 0.269 e. The van der Waals surface area contributed by atoms with Crippen LogP contribution in [0.5, 0.6) is 0 Å². The van der Waals surface area contributed by atoms with Crippen molar-refractivity contribution in [2.75, 3.05) is 26.2 Å². The molecule has 0 unspecified atom stereocenters. The summed E-state index contributed by atoms with van der Waals surface area (Å²) < 4.78 is 0. The lowest BCUT2D eigenvalue weighted by molar-refractivity contribution is -0.384. The van der Waals surface area contributed by atoms with Crippen LogP contribution in [0.4, 0.5) is 5.69 Å². The third-order valence-corrected chi connectivity index (χ3v) is 4.03. The Hall–Kier alpha value is -2.70. The van der Waals surface area contributed by atoms with Gasteiger partial charge in [-0.2, -0.15) is 0 Å². The van der Waals surface area contributed by atoms with Crippen molar-refractivity contribution in [3.05, 3.63) is 51.6 Å². The van der Waals surface area contributed by atoms with Crippen molar-refractivity contribution in [3.63, 3.8) is 0 Å². The highest BCUT2D eigenvalue weighted by molar-refractivity contribution is 5.95. The van der Waals surface area contributed by atoms with Gasteiger partial charge in [-0.3, -0.25) is 19.7 Å². The number of piperazine rings is 1. The van der Waals surface area contributed by atoms with Crippen LogP contribution in [0.3, 0.4) is 0 Å². The summed E-state index contributed by atoms with van der Waals surface area (Å²) in [5.41, 5.74) is 1.11. The summed E-state index contributed by atoms with van der Waals surface area (Å²) in [6.45, 7) is 5.69. The number of hydrogen-bond donors (Lipinski definition) is 0. The number of amides is 2. The monoisotopic (exact) mass is 331 g/mol. The molecule has 1 saturated heterocycles. The molecule has 0 aliphatic carbocycles. The first kappa shape index (κ1) is 17.7. The molecule has 128 valence electrons. The van der Waals surface area contributed by atoms with E-state index < -0.39 is 4.92 Å². The van der Waals surface area contributed by atoms with Crippen molar-refractivity contribution in [1.82, 2.24) is 9.80 Å². The Morgan fingerprint density at radius 2 is 1.67 bits per heavy atom. The van der Waals surface area contributed by atoms with E-state index in [0.717, 1.165) is 12.0 Å². The van der Waals surface area contributed by atoms with E-state index in [1.165, 1.54) is 24.3 Å². The number of benzene rings is 1. The van der Waals surface area contributed by atoms with Crippen LogP contribution < -0.4 is 0 Å². The van der Waals surface area contributed by atoms with Crippen LogP contribution in [0, 0.1) is 10.1 Å². The normalized spacial score (nSPS) is 15.3. The Kier molecular flexibility index (Phi) is 5.68. The lowest BCUT2D eigenvalue weighted by Gasteiger charge is -2.35. The van der Waals surface area contributed by atoms with Crippen LogP contribution in [0.25, 0.3) is 0 Å². The number of hydrogen-bond acceptors (Lipinski definition) is 4. The molecule has 0 radical (unpaired) electrons. The molecular formula is C17H21N3O4. The van der Waals surface area contributed by atoms with Crippen LogP contribution in [-0.2, 0) is 4.79 Å². The van der Waals surface area contributed by atoms with E-state index in [-0.39, 0.29) is 17.5 Å². The minimum absolute atomic E-state index is 0.0132. The number of nitro groups is 1. The van der Waals surface area contributed by atoms with E-state index >= 15 is 0 Å². The van der Waals surface area contributed by atoms with Gasteiger partial charge in [0.25, 0.3) is 11.6 Å². The lowest BCUT2D eigenvalue weighted by atomic mass is 10.1. The van der Waals surface area contributed by atoms with Crippen molar-refractivity contribution in [1.29, 1.82) is 0 Å². The van der Waals surface area contributed by atoms with Gasteiger partial charge in [0.15, 0.2) is 0 Å². The molecular weight excluding hydrogens is 310 g/mol. The fourth-order valence-electron chi connectivity index (χ4n) is 2.66. The molecule has 1 heterocycles. The lowest BCUT2D eigenvalue weighted by Crippen LogP contribution is -2.50. The maximum Gasteiger partial charge on any atom is 0.269 e. The topological polar surface area (TPSA) is 83.8 Å². The van der Waals surface area contributed by atoms with Gasteiger partial charge in [-0.15, -0.1) is 0 Å². The molecule has 1 aromatic carbocycles. The predicted molar refractivity (Wildman–Crippen MR) is 89.6 cm³/mol. The molecule has 0 N–H and O–H groups in total. The molecule has 1 aliphatic rings. The van der Waals surface area contributed by atoms with Crippen molar-refractivity contribution in [3.8, 4) is 0 Å². The number of allylic oxidation sites excluding steroid dienone is 1. The molecule has 24 heavy (non-hydrogen) atoms. The van der Waals surface area contributed by atoms with Gasteiger partial charge in [-0.05, 0) is 25.5 Å². The number of nitrogens with zero attached hydrogens (tertiary/aromatic N) is 3. The van der Waals surface area contributed by atoms with Crippen molar-refractivity contribution in [2.24, 2.45) is 0 Å². The van der Waals surface area contributed by atoms with Gasteiger partial charge in [0.2, 0.25) is 5.91 Å². The zero-order valence-corrected chi connectivity index (χ0v) is 13.9. The van der Waals surface area contributed by atoms with Gasteiger partial charge in [0.1, 0.15) is 0 Å². The van der Waals surface area contributed by atoms with Crippen molar-refractivity contribution in [2.45, 2.75) is 20.3 Å². The minimum atomic E-state index is -0.495. The standard InChI is InChI=1S/C17H21N3O4/c1-3-4-13(2)16(21)18-9-11-19(12-10-18)17(22)14-5-7-15(8-6-14)20(23)24/h4-8H,3,9-12H2,1-2H3. The van der Waals surface area contributed by atoms with E-state index in [0.29, 0.717) is 31.7 Å². The van der Waals surface area contributed by atoms with Gasteiger partial charge >= 0.3 is 0 Å². The second-order valence-electron chi connectivity index (χ2n) is 5.68. The predicted octanol–water partition coefficient (Wildman–Crippen LogP) is 2.24. The van der Waals surface area contributed by atoms with Crippen LogP contribution >= 0.6 is 0 Å². The van der Waals surface area contributed by atoms with Gasteiger partial charge < -0.3 is 9.80 Å². The Balaban J connectivity index is 1.96. The first-order valence-corrected chi connectivity index (χ1v) is 7.93. The molecule has 0 saturated carbocycles. The number of non-ortho nitro benzene ring substituents is 1. The van der Waals surface area contributed by atoms with Gasteiger partial charge in [0.05, 0.1) is 4.92 Å². The first-order valence-electron chi connectivity index (χ1n) is 7.93. The highest BCUT2D eigenvalue weighted by Crippen LogP contribution is 2.15. The third-order valence-electron chi connectivity index (χ3n) is 4.03. The van der Waals surface area contributed by atoms with E-state index in [1.54, 1.807) is 16.7 Å². The summed E-state index contributed by atoms with van der Waals surface area (Å²) >= 11 is 0. The molecule has 7 heteroatoms. The van der Waals surface area contributed by atoms with Crippen LogP contribution in [0.15, 0.2) is 35.9 Å². The highest BCUT2D eigenvalue weighted by Gasteiger charge is 2.25. The van der Waals surface area contributed by atoms with Gasteiger partial charge in [-0.1, -0.05) is 13.0 Å². The Labute approximate surface area is 140 Å². The van der Waals surface area contributed by atoms with E-state index in [9.17, 15) is 19.7 Å². The van der Waals surface area contributed by atoms with Crippen LogP contribution in [-0.4, -0.2) is 52.7 Å². The largest absolute Gasteiger partial charge is 0.335 e. The SMILES string of the molecule is CCC=C(C)C(=O)N1CCN(C(=O)c2ccc([N+](=O)[O-])cc2)CC1. The summed E-state index contributed by atoms with van der Waals surface area (Å²) in [6.07, 6.45) is 2.72. The fraction of sp³-hybridized carbons (Fsp3) is 0.412. The zero-order chi connectivity index (χ0) is 17.7. The summed E-state index contributed by atoms with van der Waals surface area (Å²) in [4.78, 5) is 38.2. The number of carbonyl (C=O) groups excluding carboxylic acids is 2. The van der Waals surface area contributed by atoms with Gasteiger partial charge in [-0.25, -0.2) is 0 Å². The summed E-state index contributed by atoms with van der Waals surface area (Å²) in [7, 11) is 0. The quantitative estimate of drug-likeness (QED) is 0.481. The minimum Gasteiger partial charge on any atom is -0.335 e. The molecule has 1 aliphatic heterocycles. The van der Waals surface area contributed by atoms with E-state index in [1.807, 2.05) is 13.0 Å². The number of rotatable bonds is 4. The molecule has 0 atom stereocenters. The Morgan fingerprint density at radius 1 is 1.12 bits per heavy atom. The Bertz CT molecular complexity index is 659. The highest BCUT2D eigenvalue weighted by atomic mass is 16.6. The average molecular weight is 331 g/mol. The summed E-state index contributed by atoms with van der Waals surface area (Å²) in [6, 6.07) is 5.58. The maximum atomic E-state index is 12.4. The summed E-state index contributed by atoms with van der Waals surface area (Å²) in [5.74, 6) is -0.155. The van der Waals surface area contributed by atoms with E-state index in [2.05, 4.69) is 0 Å². The molecule has 7 nitrogen and oxygen atoms in total. The van der Waals surface area contributed by atoms with Crippen molar-refractivity contribution >= 4 is 17.5 Å².